The lowest BCUT2D eigenvalue weighted by Crippen LogP contribution is -2.16. The molecule has 1 aromatic heterocycles. The van der Waals surface area contributed by atoms with Crippen molar-refractivity contribution in [3.63, 3.8) is 0 Å². The van der Waals surface area contributed by atoms with Crippen LogP contribution in [0, 0.1) is 10.1 Å². The first-order valence-corrected chi connectivity index (χ1v) is 10.6. The molecule has 9 nitrogen and oxygen atoms in total. The average molecular weight is 447 g/mol. The maximum Gasteiger partial charge on any atom is 0.288 e. The first-order chi connectivity index (χ1) is 14.4. The molecule has 30 heavy (non-hydrogen) atoms. The number of nitrogens with one attached hydrogen (secondary N) is 1. The van der Waals surface area contributed by atoms with Crippen molar-refractivity contribution >= 4 is 39.8 Å². The highest BCUT2D eigenvalue weighted by molar-refractivity contribution is 7.83. The average Bonchev–Trinajstić information content (AvgIpc) is 3.25. The third-order valence-corrected chi connectivity index (χ3v) is 6.15. The van der Waals surface area contributed by atoms with Gasteiger partial charge in [0.1, 0.15) is 16.6 Å². The van der Waals surface area contributed by atoms with Crippen LogP contribution in [0.5, 0.6) is 5.75 Å². The molecule has 0 bridgehead atoms. The predicted octanol–water partition coefficient (Wildman–Crippen LogP) is 3.46. The Labute approximate surface area is 178 Å². The highest BCUT2D eigenvalue weighted by atomic mass is 35.5. The van der Waals surface area contributed by atoms with Crippen LogP contribution in [0.4, 0.5) is 11.5 Å². The van der Waals surface area contributed by atoms with Gasteiger partial charge in [-0.25, -0.2) is 4.68 Å². The van der Waals surface area contributed by atoms with Crippen LogP contribution >= 0.6 is 11.6 Å². The smallest absolute Gasteiger partial charge is 0.288 e. The number of rotatable bonds is 5. The Morgan fingerprint density at radius 1 is 1.27 bits per heavy atom. The van der Waals surface area contributed by atoms with Gasteiger partial charge in [0.05, 0.1) is 34.9 Å². The minimum atomic E-state index is -1.09. The first kappa shape index (κ1) is 20.0. The van der Waals surface area contributed by atoms with E-state index in [1.807, 2.05) is 0 Å². The van der Waals surface area contributed by atoms with Crippen molar-refractivity contribution in [1.82, 2.24) is 9.78 Å². The van der Waals surface area contributed by atoms with Gasteiger partial charge in [0.15, 0.2) is 0 Å². The second kappa shape index (κ2) is 7.88. The number of nitrogens with zero attached hydrogens (tertiary/aromatic N) is 3. The Morgan fingerprint density at radius 3 is 2.67 bits per heavy atom. The zero-order valence-corrected chi connectivity index (χ0v) is 17.2. The van der Waals surface area contributed by atoms with E-state index in [2.05, 4.69) is 10.4 Å². The van der Waals surface area contributed by atoms with Gasteiger partial charge in [-0.05, 0) is 36.4 Å². The van der Waals surface area contributed by atoms with E-state index in [4.69, 9.17) is 16.3 Å². The summed E-state index contributed by atoms with van der Waals surface area (Å²) in [5.74, 6) is 1.04. The number of halogens is 1. The fraction of sp³-hybridized carbons (Fsp3) is 0.158. The van der Waals surface area contributed by atoms with Crippen molar-refractivity contribution in [3.05, 3.63) is 74.4 Å². The van der Waals surface area contributed by atoms with Gasteiger partial charge >= 0.3 is 0 Å². The fourth-order valence-electron chi connectivity index (χ4n) is 3.14. The lowest BCUT2D eigenvalue weighted by molar-refractivity contribution is -0.384. The summed E-state index contributed by atoms with van der Waals surface area (Å²) in [6, 6.07) is 10.9. The van der Waals surface area contributed by atoms with Crippen LogP contribution in [0.15, 0.2) is 42.5 Å². The van der Waals surface area contributed by atoms with E-state index in [1.165, 1.54) is 12.1 Å². The molecule has 0 spiro atoms. The maximum atomic E-state index is 12.8. The highest BCUT2D eigenvalue weighted by Crippen LogP contribution is 2.32. The Morgan fingerprint density at radius 2 is 2.00 bits per heavy atom. The fourth-order valence-corrected chi connectivity index (χ4v) is 4.59. The van der Waals surface area contributed by atoms with E-state index in [1.54, 1.807) is 36.1 Å². The van der Waals surface area contributed by atoms with E-state index in [9.17, 15) is 19.1 Å². The molecule has 1 unspecified atom stereocenters. The second-order valence-corrected chi connectivity index (χ2v) is 8.35. The quantitative estimate of drug-likeness (QED) is 0.474. The van der Waals surface area contributed by atoms with E-state index in [0.717, 1.165) is 6.07 Å². The normalized spacial score (nSPS) is 14.9. The van der Waals surface area contributed by atoms with Crippen molar-refractivity contribution in [2.75, 3.05) is 12.4 Å². The molecule has 1 atom stereocenters. The zero-order valence-electron chi connectivity index (χ0n) is 15.6. The van der Waals surface area contributed by atoms with Gasteiger partial charge in [-0.1, -0.05) is 11.6 Å². The molecule has 2 aromatic carbocycles. The van der Waals surface area contributed by atoms with Gasteiger partial charge in [0.25, 0.3) is 11.6 Å². The molecule has 0 saturated heterocycles. The molecule has 4 rings (SSSR count). The lowest BCUT2D eigenvalue weighted by Gasteiger charge is -2.12. The molecule has 0 fully saturated rings. The monoisotopic (exact) mass is 446 g/mol. The Kier molecular flexibility index (Phi) is 5.27. The molecule has 0 aliphatic carbocycles. The van der Waals surface area contributed by atoms with Crippen molar-refractivity contribution < 1.29 is 18.7 Å². The number of hydrogen-bond donors (Lipinski definition) is 1. The van der Waals surface area contributed by atoms with E-state index in [-0.39, 0.29) is 22.0 Å². The molecule has 154 valence electrons. The Bertz CT molecular complexity index is 1190. The van der Waals surface area contributed by atoms with Crippen LogP contribution in [0.2, 0.25) is 5.02 Å². The summed E-state index contributed by atoms with van der Waals surface area (Å²) in [5, 5.41) is 18.3. The molecule has 11 heteroatoms. The number of carbonyl (C=O) groups excluding carboxylic acids is 1. The molecule has 1 aliphatic rings. The van der Waals surface area contributed by atoms with Crippen molar-refractivity contribution in [2.45, 2.75) is 11.5 Å². The first-order valence-electron chi connectivity index (χ1n) is 8.73. The minimum absolute atomic E-state index is 0.0592. The van der Waals surface area contributed by atoms with E-state index >= 15 is 0 Å². The number of nitro groups is 1. The van der Waals surface area contributed by atoms with Crippen LogP contribution in [0.25, 0.3) is 5.69 Å². The molecule has 3 aromatic rings. The summed E-state index contributed by atoms with van der Waals surface area (Å²) in [7, 11) is 0.465. The van der Waals surface area contributed by atoms with Gasteiger partial charge < -0.3 is 10.1 Å². The van der Waals surface area contributed by atoms with Gasteiger partial charge in [0.2, 0.25) is 0 Å². The molecular weight excluding hydrogens is 432 g/mol. The van der Waals surface area contributed by atoms with Gasteiger partial charge in [-0.2, -0.15) is 5.10 Å². The number of aromatic nitrogens is 2. The number of methoxy groups -OCH3 is 1. The van der Waals surface area contributed by atoms with Crippen LogP contribution in [-0.2, 0) is 22.3 Å². The van der Waals surface area contributed by atoms with Crippen LogP contribution in [-0.4, -0.2) is 31.9 Å². The standard InChI is InChI=1S/C19H15ClN4O5S/c1-29-13-5-3-12(4-6-13)23-18(14-9-30(28)10-16(14)22-23)21-19(25)11-2-7-15(20)17(8-11)24(26)27/h2-8H,9-10H2,1H3,(H,21,25). The van der Waals surface area contributed by atoms with Crippen LogP contribution in [0.1, 0.15) is 21.6 Å². The summed E-state index contributed by atoms with van der Waals surface area (Å²) in [6.07, 6.45) is 0. The van der Waals surface area contributed by atoms with Gasteiger partial charge in [-0.3, -0.25) is 19.1 Å². The lowest BCUT2D eigenvalue weighted by atomic mass is 10.2. The van der Waals surface area contributed by atoms with Crippen LogP contribution < -0.4 is 10.1 Å². The summed E-state index contributed by atoms with van der Waals surface area (Å²) in [6.45, 7) is 0. The highest BCUT2D eigenvalue weighted by Gasteiger charge is 2.29. The summed E-state index contributed by atoms with van der Waals surface area (Å²) < 4.78 is 18.7. The number of fused-ring (bicyclic) bond motifs is 1. The second-order valence-electron chi connectivity index (χ2n) is 6.49. The SMILES string of the molecule is COc1ccc(-n2nc3c(c2NC(=O)c2ccc(Cl)c([N+](=O)[O-])c2)CS(=O)C3)cc1. The molecule has 1 N–H and O–H groups in total. The van der Waals surface area contributed by atoms with Gasteiger partial charge in [0, 0.05) is 28.0 Å². The summed E-state index contributed by atoms with van der Waals surface area (Å²) in [5.41, 5.74) is 1.71. The number of benzene rings is 2. The minimum Gasteiger partial charge on any atom is -0.497 e. The molecule has 1 aliphatic heterocycles. The molecule has 0 radical (unpaired) electrons. The topological polar surface area (TPSA) is 116 Å². The van der Waals surface area contributed by atoms with Gasteiger partial charge in [-0.15, -0.1) is 0 Å². The van der Waals surface area contributed by atoms with E-state index < -0.39 is 21.6 Å². The number of hydrogen-bond acceptors (Lipinski definition) is 6. The third-order valence-electron chi connectivity index (χ3n) is 4.62. The maximum absolute atomic E-state index is 12.8. The number of anilines is 1. The largest absolute Gasteiger partial charge is 0.497 e. The number of amides is 1. The van der Waals surface area contributed by atoms with Crippen molar-refractivity contribution in [1.29, 1.82) is 0 Å². The van der Waals surface area contributed by atoms with Crippen molar-refractivity contribution in [2.24, 2.45) is 0 Å². The summed E-state index contributed by atoms with van der Waals surface area (Å²) in [4.78, 5) is 23.3. The number of ether oxygens (including phenoxy) is 1. The molecule has 0 saturated carbocycles. The Balaban J connectivity index is 1.73. The van der Waals surface area contributed by atoms with Crippen LogP contribution in [0.3, 0.4) is 0 Å². The number of carbonyl (C=O) groups is 1. The molecular formula is C19H15ClN4O5S. The molecule has 1 amide bonds. The Hall–Kier alpha value is -3.24. The number of nitro benzene ring substituents is 1. The van der Waals surface area contributed by atoms with E-state index in [0.29, 0.717) is 34.3 Å². The predicted molar refractivity (Wildman–Crippen MR) is 112 cm³/mol. The third kappa shape index (κ3) is 3.66. The molecule has 2 heterocycles. The van der Waals surface area contributed by atoms with Crippen molar-refractivity contribution in [3.8, 4) is 11.4 Å². The summed E-state index contributed by atoms with van der Waals surface area (Å²) >= 11 is 5.83. The zero-order chi connectivity index (χ0) is 21.4.